The fourth-order valence-electron chi connectivity index (χ4n) is 3.69. The number of fused-ring (bicyclic) bond motifs is 1. The van der Waals surface area contributed by atoms with Crippen LogP contribution in [0.2, 0.25) is 0 Å². The Morgan fingerprint density at radius 1 is 1.29 bits per heavy atom. The topological polar surface area (TPSA) is 87.6 Å². The van der Waals surface area contributed by atoms with Gasteiger partial charge in [0.05, 0.1) is 24.0 Å². The van der Waals surface area contributed by atoms with Crippen LogP contribution in [0, 0.1) is 5.92 Å². The van der Waals surface area contributed by atoms with Crippen LogP contribution >= 0.6 is 0 Å². The van der Waals surface area contributed by atoms with Crippen LogP contribution in [0.3, 0.4) is 0 Å². The van der Waals surface area contributed by atoms with Crippen LogP contribution in [0.4, 0.5) is 11.6 Å². The van der Waals surface area contributed by atoms with E-state index in [1.165, 1.54) is 0 Å². The highest BCUT2D eigenvalue weighted by molar-refractivity contribution is 5.99. The fraction of sp³-hybridized carbons (Fsp3) is 0.476. The van der Waals surface area contributed by atoms with E-state index in [1.54, 1.807) is 20.0 Å². The second-order valence-corrected chi connectivity index (χ2v) is 8.05. The lowest BCUT2D eigenvalue weighted by Gasteiger charge is -2.33. The molecule has 2 aliphatic heterocycles. The lowest BCUT2D eigenvalue weighted by Crippen LogP contribution is -2.42. The average molecular weight is 386 g/mol. The SMILES string of the molecule is CC(C)(O)c1ccc(-c2cnc3c(n2)N(CC2CCOCC2)CC(=O)N3)cc1.[HH].[HH]. The quantitative estimate of drug-likeness (QED) is 0.840. The molecule has 0 radical (unpaired) electrons. The lowest BCUT2D eigenvalue weighted by atomic mass is 9.97. The number of rotatable bonds is 4. The van der Waals surface area contributed by atoms with Crippen LogP contribution in [0.5, 0.6) is 0 Å². The zero-order valence-corrected chi connectivity index (χ0v) is 16.3. The molecule has 1 saturated heterocycles. The molecule has 1 aromatic carbocycles. The molecule has 0 unspecified atom stereocenters. The number of amides is 1. The number of carbonyl (C=O) groups excluding carboxylic acids is 1. The summed E-state index contributed by atoms with van der Waals surface area (Å²) in [7, 11) is 0. The molecule has 3 heterocycles. The number of hydrogen-bond acceptors (Lipinski definition) is 6. The van der Waals surface area contributed by atoms with Crippen molar-refractivity contribution >= 4 is 17.5 Å². The Bertz CT molecular complexity index is 866. The maximum absolute atomic E-state index is 12.1. The van der Waals surface area contributed by atoms with Crippen LogP contribution in [-0.2, 0) is 15.1 Å². The van der Waals surface area contributed by atoms with Crippen LogP contribution < -0.4 is 10.2 Å². The minimum absolute atomic E-state index is 0. The Kier molecular flexibility index (Phi) is 5.03. The van der Waals surface area contributed by atoms with Crippen molar-refractivity contribution in [2.45, 2.75) is 32.3 Å². The van der Waals surface area contributed by atoms with Gasteiger partial charge >= 0.3 is 0 Å². The molecule has 0 aliphatic carbocycles. The van der Waals surface area contributed by atoms with Gasteiger partial charge in [0.15, 0.2) is 11.6 Å². The highest BCUT2D eigenvalue weighted by atomic mass is 16.5. The van der Waals surface area contributed by atoms with Gasteiger partial charge in [0.1, 0.15) is 0 Å². The highest BCUT2D eigenvalue weighted by Gasteiger charge is 2.28. The van der Waals surface area contributed by atoms with Gasteiger partial charge in [-0.1, -0.05) is 24.3 Å². The van der Waals surface area contributed by atoms with E-state index in [9.17, 15) is 9.90 Å². The first-order valence-electron chi connectivity index (χ1n) is 9.73. The van der Waals surface area contributed by atoms with Crippen LogP contribution in [0.15, 0.2) is 30.5 Å². The standard InChI is InChI=1S/C21H26N4O3.2H2/c1-21(2,27)16-5-3-15(4-6-16)17-11-22-19-20(23-17)25(13-18(26)24-19)12-14-7-9-28-10-8-14;;/h3-6,11,14,27H,7-10,12-13H2,1-2H3,(H,22,24,26);2*1H. The number of anilines is 2. The van der Waals surface area contributed by atoms with Crippen molar-refractivity contribution < 1.29 is 17.5 Å². The molecular formula is C21H30N4O3. The van der Waals surface area contributed by atoms with E-state index in [2.05, 4.69) is 10.3 Å². The zero-order chi connectivity index (χ0) is 19.7. The van der Waals surface area contributed by atoms with Gasteiger partial charge in [0, 0.05) is 28.2 Å². The molecule has 7 nitrogen and oxygen atoms in total. The second kappa shape index (κ2) is 7.48. The minimum Gasteiger partial charge on any atom is -0.386 e. The van der Waals surface area contributed by atoms with E-state index in [0.717, 1.165) is 55.2 Å². The summed E-state index contributed by atoms with van der Waals surface area (Å²) in [6, 6.07) is 7.68. The number of nitrogens with one attached hydrogen (secondary N) is 1. The highest BCUT2D eigenvalue weighted by Crippen LogP contribution is 2.31. The van der Waals surface area contributed by atoms with E-state index in [1.807, 2.05) is 29.2 Å². The van der Waals surface area contributed by atoms with E-state index in [-0.39, 0.29) is 8.76 Å². The Balaban J connectivity index is 0.00000160. The third kappa shape index (κ3) is 4.00. The van der Waals surface area contributed by atoms with Gasteiger partial charge in [-0.25, -0.2) is 9.97 Å². The molecule has 0 atom stereocenters. The molecule has 0 saturated carbocycles. The smallest absolute Gasteiger partial charge is 0.245 e. The van der Waals surface area contributed by atoms with E-state index in [0.29, 0.717) is 18.3 Å². The van der Waals surface area contributed by atoms with Crippen molar-refractivity contribution in [2.75, 3.05) is 36.5 Å². The fourth-order valence-corrected chi connectivity index (χ4v) is 3.69. The van der Waals surface area contributed by atoms with Crippen LogP contribution in [-0.4, -0.2) is 47.3 Å². The third-order valence-electron chi connectivity index (χ3n) is 5.35. The molecule has 7 heteroatoms. The molecule has 2 N–H and O–H groups in total. The maximum Gasteiger partial charge on any atom is 0.245 e. The maximum atomic E-state index is 12.1. The number of benzene rings is 1. The van der Waals surface area contributed by atoms with Crippen molar-refractivity contribution in [2.24, 2.45) is 5.92 Å². The number of carbonyl (C=O) groups is 1. The Labute approximate surface area is 167 Å². The molecule has 152 valence electrons. The monoisotopic (exact) mass is 386 g/mol. The van der Waals surface area contributed by atoms with Crippen LogP contribution in [0.1, 0.15) is 35.1 Å². The van der Waals surface area contributed by atoms with Gasteiger partial charge in [-0.3, -0.25) is 4.79 Å². The molecule has 1 fully saturated rings. The Morgan fingerprint density at radius 3 is 2.68 bits per heavy atom. The summed E-state index contributed by atoms with van der Waals surface area (Å²) < 4.78 is 5.45. The van der Waals surface area contributed by atoms with Crippen molar-refractivity contribution in [3.05, 3.63) is 36.0 Å². The molecule has 1 amide bonds. The van der Waals surface area contributed by atoms with Gasteiger partial charge in [-0.2, -0.15) is 0 Å². The summed E-state index contributed by atoms with van der Waals surface area (Å²) >= 11 is 0. The number of aliphatic hydroxyl groups is 1. The summed E-state index contributed by atoms with van der Waals surface area (Å²) in [6.45, 7) is 6.14. The van der Waals surface area contributed by atoms with Crippen LogP contribution in [0.25, 0.3) is 11.3 Å². The van der Waals surface area contributed by atoms with Crippen molar-refractivity contribution in [3.8, 4) is 11.3 Å². The van der Waals surface area contributed by atoms with Crippen molar-refractivity contribution in [1.29, 1.82) is 0 Å². The summed E-state index contributed by atoms with van der Waals surface area (Å²) in [5, 5.41) is 13.0. The van der Waals surface area contributed by atoms with Gasteiger partial charge < -0.3 is 20.1 Å². The molecule has 4 rings (SSSR count). The zero-order valence-electron chi connectivity index (χ0n) is 16.3. The number of nitrogens with zero attached hydrogens (tertiary/aromatic N) is 3. The van der Waals surface area contributed by atoms with Gasteiger partial charge in [-0.15, -0.1) is 0 Å². The molecule has 2 aliphatic rings. The first kappa shape index (κ1) is 18.8. The first-order chi connectivity index (χ1) is 13.4. The molecule has 0 spiro atoms. The van der Waals surface area contributed by atoms with Gasteiger partial charge in [0.2, 0.25) is 5.91 Å². The van der Waals surface area contributed by atoms with E-state index >= 15 is 0 Å². The lowest BCUT2D eigenvalue weighted by molar-refractivity contribution is -0.115. The summed E-state index contributed by atoms with van der Waals surface area (Å²) in [5.74, 6) is 1.66. The first-order valence-corrected chi connectivity index (χ1v) is 9.73. The number of hydrogen-bond donors (Lipinski definition) is 2. The van der Waals surface area contributed by atoms with Crippen molar-refractivity contribution in [3.63, 3.8) is 0 Å². The molecule has 0 bridgehead atoms. The van der Waals surface area contributed by atoms with E-state index < -0.39 is 5.60 Å². The molecule has 2 aromatic rings. The predicted octanol–water partition coefficient (Wildman–Crippen LogP) is 3.05. The summed E-state index contributed by atoms with van der Waals surface area (Å²) in [5.41, 5.74) is 1.63. The molecule has 28 heavy (non-hydrogen) atoms. The van der Waals surface area contributed by atoms with Gasteiger partial charge in [0.25, 0.3) is 0 Å². The molecular weight excluding hydrogens is 356 g/mol. The molecule has 1 aromatic heterocycles. The summed E-state index contributed by atoms with van der Waals surface area (Å²) in [4.78, 5) is 23.4. The largest absolute Gasteiger partial charge is 0.386 e. The summed E-state index contributed by atoms with van der Waals surface area (Å²) in [6.07, 6.45) is 3.67. The Morgan fingerprint density at radius 2 is 2.00 bits per heavy atom. The predicted molar refractivity (Wildman–Crippen MR) is 111 cm³/mol. The Hall–Kier alpha value is -2.51. The van der Waals surface area contributed by atoms with Crippen molar-refractivity contribution in [1.82, 2.24) is 9.97 Å². The second-order valence-electron chi connectivity index (χ2n) is 8.05. The average Bonchev–Trinajstić information content (AvgIpc) is 2.68. The number of ether oxygens (including phenoxy) is 1. The normalized spacial score (nSPS) is 18.0. The van der Waals surface area contributed by atoms with Gasteiger partial charge in [-0.05, 0) is 38.2 Å². The van der Waals surface area contributed by atoms with E-state index in [4.69, 9.17) is 9.72 Å². The third-order valence-corrected chi connectivity index (χ3v) is 5.35. The number of aromatic nitrogens is 2. The minimum atomic E-state index is -0.884.